The number of sulfonamides is 1. The van der Waals surface area contributed by atoms with Crippen LogP contribution in [0.2, 0.25) is 5.02 Å². The molecule has 0 radical (unpaired) electrons. The Bertz CT molecular complexity index is 1300. The van der Waals surface area contributed by atoms with Crippen LogP contribution in [0.5, 0.6) is 0 Å². The van der Waals surface area contributed by atoms with Crippen LogP contribution in [-0.2, 0) is 21.4 Å². The number of hydrogen-bond acceptors (Lipinski definition) is 5. The average Bonchev–Trinajstić information content (AvgIpc) is 2.88. The number of aryl methyl sites for hydroxylation is 1. The highest BCUT2D eigenvalue weighted by atomic mass is 35.5. The first-order valence-corrected chi connectivity index (χ1v) is 13.6. The van der Waals surface area contributed by atoms with Crippen molar-refractivity contribution in [2.45, 2.75) is 31.2 Å². The van der Waals surface area contributed by atoms with Crippen LogP contribution >= 0.6 is 11.6 Å². The molecule has 1 amide bonds. The summed E-state index contributed by atoms with van der Waals surface area (Å²) in [6.07, 6.45) is 1.49. The Labute approximate surface area is 217 Å². The number of benzene rings is 3. The molecule has 1 aliphatic rings. The summed E-state index contributed by atoms with van der Waals surface area (Å²) in [5, 5.41) is 4.77. The molecule has 1 saturated heterocycles. The van der Waals surface area contributed by atoms with Crippen molar-refractivity contribution in [3.8, 4) is 0 Å². The van der Waals surface area contributed by atoms with E-state index in [1.54, 1.807) is 36.4 Å². The van der Waals surface area contributed by atoms with E-state index in [0.29, 0.717) is 10.7 Å². The Morgan fingerprint density at radius 1 is 0.972 bits per heavy atom. The largest absolute Gasteiger partial charge is 0.298 e. The van der Waals surface area contributed by atoms with Gasteiger partial charge in [0.15, 0.2) is 0 Å². The van der Waals surface area contributed by atoms with Gasteiger partial charge in [-0.25, -0.2) is 13.8 Å². The lowest BCUT2D eigenvalue weighted by Gasteiger charge is -2.27. The van der Waals surface area contributed by atoms with Crippen molar-refractivity contribution >= 4 is 38.9 Å². The highest BCUT2D eigenvalue weighted by Crippen LogP contribution is 2.25. The number of hydrogen-bond donors (Lipinski definition) is 1. The van der Waals surface area contributed by atoms with Crippen LogP contribution in [-0.4, -0.2) is 44.6 Å². The van der Waals surface area contributed by atoms with Gasteiger partial charge in [0, 0.05) is 43.2 Å². The number of nitrogens with zero attached hydrogens (tertiary/aromatic N) is 3. The maximum atomic E-state index is 13.4. The molecule has 0 aliphatic carbocycles. The van der Waals surface area contributed by atoms with E-state index < -0.39 is 22.5 Å². The third-order valence-electron chi connectivity index (χ3n) is 6.03. The summed E-state index contributed by atoms with van der Waals surface area (Å²) in [7, 11) is -3.98. The number of nitrogens with one attached hydrogen (secondary N) is 1. The van der Waals surface area contributed by atoms with E-state index >= 15 is 0 Å². The van der Waals surface area contributed by atoms with Gasteiger partial charge >= 0.3 is 0 Å². The van der Waals surface area contributed by atoms with Crippen molar-refractivity contribution in [1.29, 1.82) is 0 Å². The quantitative estimate of drug-likeness (QED) is 0.436. The second-order valence-corrected chi connectivity index (χ2v) is 11.1. The predicted octanol–water partition coefficient (Wildman–Crippen LogP) is 4.61. The summed E-state index contributed by atoms with van der Waals surface area (Å²) in [6, 6.07) is 23.2. The lowest BCUT2D eigenvalue weighted by Crippen LogP contribution is -2.40. The van der Waals surface area contributed by atoms with Crippen LogP contribution in [0.4, 0.5) is 5.69 Å². The van der Waals surface area contributed by atoms with Crippen LogP contribution in [0.3, 0.4) is 0 Å². The van der Waals surface area contributed by atoms with Gasteiger partial charge < -0.3 is 0 Å². The van der Waals surface area contributed by atoms with E-state index in [2.05, 4.69) is 27.6 Å². The van der Waals surface area contributed by atoms with E-state index in [9.17, 15) is 13.2 Å². The van der Waals surface area contributed by atoms with Crippen LogP contribution in [0.15, 0.2) is 88.9 Å². The minimum atomic E-state index is -3.98. The van der Waals surface area contributed by atoms with E-state index in [1.807, 2.05) is 25.1 Å². The van der Waals surface area contributed by atoms with Gasteiger partial charge in [-0.2, -0.15) is 5.10 Å². The van der Waals surface area contributed by atoms with Crippen molar-refractivity contribution in [2.24, 2.45) is 5.10 Å². The first-order chi connectivity index (χ1) is 17.3. The van der Waals surface area contributed by atoms with E-state index in [1.165, 1.54) is 17.7 Å². The van der Waals surface area contributed by atoms with Gasteiger partial charge in [0.2, 0.25) is 0 Å². The topological polar surface area (TPSA) is 82.1 Å². The van der Waals surface area contributed by atoms with Gasteiger partial charge in [0.05, 0.1) is 10.6 Å². The average molecular weight is 525 g/mol. The predicted molar refractivity (Wildman–Crippen MR) is 144 cm³/mol. The summed E-state index contributed by atoms with van der Waals surface area (Å²) in [6.45, 7) is 4.05. The number of piperidine rings is 1. The molecule has 7 nitrogen and oxygen atoms in total. The fraction of sp³-hybridized carbons (Fsp3) is 0.259. The van der Waals surface area contributed by atoms with Gasteiger partial charge in [0.1, 0.15) is 6.54 Å². The molecule has 3 aromatic carbocycles. The molecule has 1 N–H and O–H groups in total. The zero-order valence-corrected chi connectivity index (χ0v) is 21.7. The van der Waals surface area contributed by atoms with Crippen molar-refractivity contribution in [1.82, 2.24) is 10.3 Å². The molecule has 36 heavy (non-hydrogen) atoms. The Morgan fingerprint density at radius 2 is 1.61 bits per heavy atom. The van der Waals surface area contributed by atoms with Crippen molar-refractivity contribution < 1.29 is 13.2 Å². The molecule has 0 aromatic heterocycles. The highest BCUT2D eigenvalue weighted by Gasteiger charge is 2.27. The van der Waals surface area contributed by atoms with Gasteiger partial charge in [-0.1, -0.05) is 59.6 Å². The van der Waals surface area contributed by atoms with Gasteiger partial charge in [-0.15, -0.1) is 0 Å². The fourth-order valence-corrected chi connectivity index (χ4v) is 5.54. The number of amides is 1. The van der Waals surface area contributed by atoms with Crippen LogP contribution < -0.4 is 9.73 Å². The Morgan fingerprint density at radius 3 is 2.25 bits per heavy atom. The number of carbonyl (C=O) groups is 1. The van der Waals surface area contributed by atoms with Gasteiger partial charge in [-0.05, 0) is 48.9 Å². The number of likely N-dealkylation sites (tertiary alicyclic amines) is 1. The molecule has 0 atom stereocenters. The molecule has 1 aliphatic heterocycles. The second-order valence-electron chi connectivity index (χ2n) is 8.78. The smallest absolute Gasteiger partial charge is 0.264 e. The minimum Gasteiger partial charge on any atom is -0.298 e. The monoisotopic (exact) mass is 524 g/mol. The van der Waals surface area contributed by atoms with Crippen LogP contribution in [0.25, 0.3) is 0 Å². The molecular weight excluding hydrogens is 496 g/mol. The molecule has 1 heterocycles. The SMILES string of the molecule is Cc1ccc(S(=O)(=O)N(CC(=O)NN=C2CCN(Cc3ccccc3)CC2)c2ccc(Cl)cc2)cc1. The summed E-state index contributed by atoms with van der Waals surface area (Å²) < 4.78 is 27.9. The van der Waals surface area contributed by atoms with Gasteiger partial charge in [-0.3, -0.25) is 14.0 Å². The standard InChI is InChI=1S/C27H29ClN4O3S/c1-21-7-13-26(14-8-21)36(34,35)32(25-11-9-23(28)10-12-25)20-27(33)30-29-24-15-17-31(18-16-24)19-22-5-3-2-4-6-22/h2-14H,15-20H2,1H3,(H,30,33). The van der Waals surface area contributed by atoms with Crippen molar-refractivity contribution in [3.63, 3.8) is 0 Å². The van der Waals surface area contributed by atoms with E-state index in [4.69, 9.17) is 11.6 Å². The number of hydrazone groups is 1. The normalized spacial score (nSPS) is 14.3. The zero-order chi connectivity index (χ0) is 25.5. The lowest BCUT2D eigenvalue weighted by atomic mass is 10.1. The molecule has 4 rings (SSSR count). The first kappa shape index (κ1) is 25.9. The van der Waals surface area contributed by atoms with Crippen molar-refractivity contribution in [2.75, 3.05) is 23.9 Å². The Balaban J connectivity index is 1.41. The number of carbonyl (C=O) groups excluding carboxylic acids is 1. The van der Waals surface area contributed by atoms with E-state index in [0.717, 1.165) is 48.1 Å². The Hall–Kier alpha value is -3.20. The molecular formula is C27H29ClN4O3S. The van der Waals surface area contributed by atoms with Crippen LogP contribution in [0, 0.1) is 6.92 Å². The maximum Gasteiger partial charge on any atom is 0.264 e. The third kappa shape index (κ3) is 6.72. The minimum absolute atomic E-state index is 0.105. The summed E-state index contributed by atoms with van der Waals surface area (Å²) >= 11 is 5.99. The maximum absolute atomic E-state index is 13.4. The van der Waals surface area contributed by atoms with Crippen molar-refractivity contribution in [3.05, 3.63) is 95.0 Å². The van der Waals surface area contributed by atoms with Crippen LogP contribution in [0.1, 0.15) is 24.0 Å². The molecule has 9 heteroatoms. The number of rotatable bonds is 8. The molecule has 3 aromatic rings. The number of halogens is 1. The molecule has 0 spiro atoms. The fourth-order valence-electron chi connectivity index (χ4n) is 3.99. The second kappa shape index (κ2) is 11.7. The number of anilines is 1. The summed E-state index contributed by atoms with van der Waals surface area (Å²) in [5.74, 6) is -0.514. The first-order valence-electron chi connectivity index (χ1n) is 11.8. The van der Waals surface area contributed by atoms with E-state index in [-0.39, 0.29) is 4.90 Å². The lowest BCUT2D eigenvalue weighted by molar-refractivity contribution is -0.119. The highest BCUT2D eigenvalue weighted by molar-refractivity contribution is 7.92. The Kier molecular flexibility index (Phi) is 8.40. The zero-order valence-electron chi connectivity index (χ0n) is 20.1. The molecule has 0 unspecified atom stereocenters. The molecule has 0 saturated carbocycles. The summed E-state index contributed by atoms with van der Waals surface area (Å²) in [5.41, 5.74) is 6.01. The summed E-state index contributed by atoms with van der Waals surface area (Å²) in [4.78, 5) is 15.3. The third-order valence-corrected chi connectivity index (χ3v) is 8.07. The molecule has 0 bridgehead atoms. The molecule has 1 fully saturated rings. The molecule has 188 valence electrons. The van der Waals surface area contributed by atoms with Gasteiger partial charge in [0.25, 0.3) is 15.9 Å².